The Morgan fingerprint density at radius 3 is 2.00 bits per heavy atom. The van der Waals surface area contributed by atoms with E-state index in [2.05, 4.69) is 31.0 Å². The topological polar surface area (TPSA) is 54.3 Å². The molecular weight excluding hydrogens is 374 g/mol. The summed E-state index contributed by atoms with van der Waals surface area (Å²) in [4.78, 5) is 14.8. The van der Waals surface area contributed by atoms with Crippen molar-refractivity contribution in [3.63, 3.8) is 0 Å². The van der Waals surface area contributed by atoms with Crippen LogP contribution in [0.3, 0.4) is 0 Å². The highest BCUT2D eigenvalue weighted by Crippen LogP contribution is 2.66. The van der Waals surface area contributed by atoms with Crippen molar-refractivity contribution in [2.24, 2.45) is 27.0 Å². The minimum atomic E-state index is -0.243. The first-order valence-corrected chi connectivity index (χ1v) is 10.7. The zero-order valence-corrected chi connectivity index (χ0v) is 18.6. The molecule has 2 fully saturated rings. The van der Waals surface area contributed by atoms with Crippen LogP contribution in [-0.4, -0.2) is 26.2 Å². The maximum Gasteiger partial charge on any atom is 0.338 e. The fraction of sp³-hybridized carbons (Fsp3) is 0.480. The maximum atomic E-state index is 12.7. The van der Waals surface area contributed by atoms with Crippen LogP contribution < -0.4 is 4.90 Å². The van der Waals surface area contributed by atoms with Gasteiger partial charge in [0.2, 0.25) is 0 Å². The molecule has 4 rings (SSSR count). The summed E-state index contributed by atoms with van der Waals surface area (Å²) in [7, 11) is 4.00. The van der Waals surface area contributed by atoms with Gasteiger partial charge >= 0.3 is 5.97 Å². The lowest BCUT2D eigenvalue weighted by molar-refractivity contribution is -0.0242. The van der Waals surface area contributed by atoms with Gasteiger partial charge in [-0.25, -0.2) is 4.79 Å². The van der Waals surface area contributed by atoms with Gasteiger partial charge in [0.05, 0.1) is 16.9 Å². The van der Waals surface area contributed by atoms with E-state index in [1.165, 1.54) is 6.42 Å². The Balaban J connectivity index is 1.39. The van der Waals surface area contributed by atoms with Crippen LogP contribution in [0.25, 0.3) is 0 Å². The smallest absolute Gasteiger partial charge is 0.338 e. The van der Waals surface area contributed by atoms with Crippen molar-refractivity contribution >= 4 is 23.0 Å². The Morgan fingerprint density at radius 1 is 0.967 bits per heavy atom. The monoisotopic (exact) mass is 405 g/mol. The van der Waals surface area contributed by atoms with Crippen LogP contribution in [0, 0.1) is 16.7 Å². The van der Waals surface area contributed by atoms with Gasteiger partial charge in [-0.2, -0.15) is 10.2 Å². The molecule has 0 saturated heterocycles. The molecule has 3 unspecified atom stereocenters. The molecule has 0 aliphatic heterocycles. The van der Waals surface area contributed by atoms with Gasteiger partial charge in [0.1, 0.15) is 6.10 Å². The van der Waals surface area contributed by atoms with E-state index in [4.69, 9.17) is 4.74 Å². The summed E-state index contributed by atoms with van der Waals surface area (Å²) in [6.07, 6.45) is 3.36. The molecule has 2 aromatic rings. The third kappa shape index (κ3) is 3.51. The van der Waals surface area contributed by atoms with E-state index in [-0.39, 0.29) is 22.9 Å². The predicted molar refractivity (Wildman–Crippen MR) is 120 cm³/mol. The summed E-state index contributed by atoms with van der Waals surface area (Å²) < 4.78 is 5.97. The van der Waals surface area contributed by atoms with Gasteiger partial charge < -0.3 is 9.64 Å². The number of hydrogen-bond acceptors (Lipinski definition) is 5. The molecular formula is C25H31N3O2. The highest BCUT2D eigenvalue weighted by molar-refractivity contribution is 5.89. The number of carbonyl (C=O) groups is 1. The summed E-state index contributed by atoms with van der Waals surface area (Å²) in [6.45, 7) is 6.94. The summed E-state index contributed by atoms with van der Waals surface area (Å²) >= 11 is 0. The van der Waals surface area contributed by atoms with Gasteiger partial charge in [0.25, 0.3) is 0 Å². The Labute approximate surface area is 179 Å². The number of anilines is 1. The van der Waals surface area contributed by atoms with Crippen LogP contribution in [0.2, 0.25) is 0 Å². The van der Waals surface area contributed by atoms with Crippen molar-refractivity contribution in [1.29, 1.82) is 0 Å². The second-order valence-corrected chi connectivity index (χ2v) is 9.66. The summed E-state index contributed by atoms with van der Waals surface area (Å²) in [5, 5.41) is 8.55. The molecule has 5 heteroatoms. The SMILES string of the molecule is CN(C)c1ccc(N=Nc2ccc(C(=O)OC3CC4CCC3(C)C4(C)C)cc2)cc1. The zero-order chi connectivity index (χ0) is 21.5. The van der Waals surface area contributed by atoms with E-state index in [0.29, 0.717) is 17.2 Å². The molecule has 158 valence electrons. The number of hydrogen-bond donors (Lipinski definition) is 0. The first-order valence-electron chi connectivity index (χ1n) is 10.7. The van der Waals surface area contributed by atoms with Crippen LogP contribution in [0.4, 0.5) is 17.1 Å². The zero-order valence-electron chi connectivity index (χ0n) is 18.6. The van der Waals surface area contributed by atoms with E-state index in [9.17, 15) is 4.79 Å². The second-order valence-electron chi connectivity index (χ2n) is 9.66. The van der Waals surface area contributed by atoms with E-state index < -0.39 is 0 Å². The molecule has 0 spiro atoms. The van der Waals surface area contributed by atoms with Crippen LogP contribution in [0.15, 0.2) is 58.8 Å². The number of nitrogens with zero attached hydrogens (tertiary/aromatic N) is 3. The fourth-order valence-corrected chi connectivity index (χ4v) is 5.10. The molecule has 2 aliphatic carbocycles. The van der Waals surface area contributed by atoms with Crippen molar-refractivity contribution in [3.05, 3.63) is 54.1 Å². The van der Waals surface area contributed by atoms with Crippen LogP contribution in [0.1, 0.15) is 50.4 Å². The number of azo groups is 1. The average molecular weight is 406 g/mol. The largest absolute Gasteiger partial charge is 0.458 e. The van der Waals surface area contributed by atoms with Crippen LogP contribution in [0.5, 0.6) is 0 Å². The van der Waals surface area contributed by atoms with Crippen LogP contribution >= 0.6 is 0 Å². The van der Waals surface area contributed by atoms with Gasteiger partial charge in [-0.1, -0.05) is 20.8 Å². The molecule has 0 heterocycles. The minimum Gasteiger partial charge on any atom is -0.458 e. The lowest BCUT2D eigenvalue weighted by atomic mass is 9.70. The van der Waals surface area contributed by atoms with Gasteiger partial charge in [-0.3, -0.25) is 0 Å². The van der Waals surface area contributed by atoms with Crippen molar-refractivity contribution in [2.75, 3.05) is 19.0 Å². The number of rotatable bonds is 5. The highest BCUT2D eigenvalue weighted by atomic mass is 16.5. The van der Waals surface area contributed by atoms with Crippen LogP contribution in [-0.2, 0) is 4.74 Å². The maximum absolute atomic E-state index is 12.7. The molecule has 0 N–H and O–H groups in total. The molecule has 2 bridgehead atoms. The van der Waals surface area contributed by atoms with Crippen molar-refractivity contribution in [1.82, 2.24) is 0 Å². The summed E-state index contributed by atoms with van der Waals surface area (Å²) in [6, 6.07) is 15.0. The number of carbonyl (C=O) groups excluding carboxylic acids is 1. The molecule has 30 heavy (non-hydrogen) atoms. The third-order valence-electron chi connectivity index (χ3n) is 7.71. The number of fused-ring (bicyclic) bond motifs is 2. The molecule has 2 aromatic carbocycles. The van der Waals surface area contributed by atoms with Gasteiger partial charge in [-0.05, 0) is 79.1 Å². The first kappa shape index (κ1) is 20.6. The number of benzene rings is 2. The highest BCUT2D eigenvalue weighted by Gasteiger charge is 2.62. The van der Waals surface area contributed by atoms with Gasteiger partial charge in [0, 0.05) is 25.2 Å². The van der Waals surface area contributed by atoms with E-state index in [1.54, 1.807) is 24.3 Å². The Hall–Kier alpha value is -2.69. The molecule has 0 aromatic heterocycles. The predicted octanol–water partition coefficient (Wildman–Crippen LogP) is 6.54. The Bertz CT molecular complexity index is 947. The van der Waals surface area contributed by atoms with Crippen molar-refractivity contribution in [2.45, 2.75) is 46.1 Å². The number of ether oxygens (including phenoxy) is 1. The van der Waals surface area contributed by atoms with Crippen molar-refractivity contribution in [3.8, 4) is 0 Å². The molecule has 0 radical (unpaired) electrons. The summed E-state index contributed by atoms with van der Waals surface area (Å²) in [5.74, 6) is 0.405. The standard InChI is InChI=1S/C25H31N3O2/c1-24(2)18-14-15-25(24,3)22(16-18)30-23(29)17-6-8-19(9-7-17)26-27-20-10-12-21(13-11-20)28(4)5/h6-13,18,22H,14-16H2,1-5H3. The number of esters is 1. The van der Waals surface area contributed by atoms with Crippen molar-refractivity contribution < 1.29 is 9.53 Å². The molecule has 5 nitrogen and oxygen atoms in total. The van der Waals surface area contributed by atoms with E-state index in [1.807, 2.05) is 43.3 Å². The molecule has 0 amide bonds. The average Bonchev–Trinajstić information content (AvgIpc) is 3.06. The Kier molecular flexibility index (Phi) is 5.16. The van der Waals surface area contributed by atoms with Gasteiger partial charge in [-0.15, -0.1) is 0 Å². The third-order valence-corrected chi connectivity index (χ3v) is 7.71. The molecule has 2 saturated carbocycles. The van der Waals surface area contributed by atoms with E-state index in [0.717, 1.165) is 24.2 Å². The lowest BCUT2D eigenvalue weighted by Crippen LogP contribution is -2.38. The Morgan fingerprint density at radius 2 is 1.53 bits per heavy atom. The molecule has 3 atom stereocenters. The minimum absolute atomic E-state index is 0.00301. The molecule has 2 aliphatic rings. The van der Waals surface area contributed by atoms with E-state index >= 15 is 0 Å². The summed E-state index contributed by atoms with van der Waals surface area (Å²) in [5.41, 5.74) is 3.47. The first-order chi connectivity index (χ1) is 14.2. The quantitative estimate of drug-likeness (QED) is 0.419. The van der Waals surface area contributed by atoms with Gasteiger partial charge in [0.15, 0.2) is 0 Å². The second kappa shape index (κ2) is 7.53. The fourth-order valence-electron chi connectivity index (χ4n) is 5.10. The lowest BCUT2D eigenvalue weighted by Gasteiger charge is -2.38. The normalized spacial score (nSPS) is 26.8.